The van der Waals surface area contributed by atoms with Crippen molar-refractivity contribution in [2.45, 2.75) is 33.7 Å². The fraction of sp³-hybridized carbons (Fsp3) is 0.333. The molecule has 2 heterocycles. The number of allylic oxidation sites excluding steroid dienone is 1. The third-order valence-corrected chi connectivity index (χ3v) is 5.26. The molecule has 0 fully saturated rings. The smallest absolute Gasteiger partial charge is 0.210 e. The molecular formula is C18H20N2OS2. The average Bonchev–Trinajstić information content (AvgIpc) is 3.04. The van der Waals surface area contributed by atoms with E-state index in [4.69, 9.17) is 12.2 Å². The molecule has 0 aliphatic carbocycles. The number of rotatable bonds is 4. The van der Waals surface area contributed by atoms with Gasteiger partial charge in [0, 0.05) is 23.9 Å². The molecule has 0 unspecified atom stereocenters. The first kappa shape index (κ1) is 16.1. The minimum absolute atomic E-state index is 0.259. The third-order valence-electron chi connectivity index (χ3n) is 3.87. The van der Waals surface area contributed by atoms with E-state index in [9.17, 15) is 5.11 Å². The number of aromatic hydroxyl groups is 1. The minimum Gasteiger partial charge on any atom is -0.493 e. The molecule has 0 radical (unpaired) electrons. The molecule has 1 N–H and O–H groups in total. The molecule has 0 spiro atoms. The number of thiazole rings is 1. The van der Waals surface area contributed by atoms with Crippen LogP contribution in [0, 0.1) is 9.87 Å². The zero-order valence-electron chi connectivity index (χ0n) is 13.5. The maximum absolute atomic E-state index is 10.5. The van der Waals surface area contributed by atoms with Crippen molar-refractivity contribution in [2.24, 2.45) is 10.9 Å². The van der Waals surface area contributed by atoms with Crippen molar-refractivity contribution in [3.05, 3.63) is 38.2 Å². The summed E-state index contributed by atoms with van der Waals surface area (Å²) in [7, 11) is 0. The molecule has 5 heteroatoms. The zero-order chi connectivity index (χ0) is 16.6. The van der Waals surface area contributed by atoms with Gasteiger partial charge in [-0.1, -0.05) is 39.0 Å². The van der Waals surface area contributed by atoms with Crippen LogP contribution in [0.3, 0.4) is 0 Å². The average molecular weight is 345 g/mol. The molecule has 0 amide bonds. The number of benzene rings is 1. The minimum atomic E-state index is 0.259. The molecule has 2 aromatic rings. The van der Waals surface area contributed by atoms with E-state index in [1.165, 1.54) is 16.9 Å². The summed E-state index contributed by atoms with van der Waals surface area (Å²) in [4.78, 5) is 5.35. The summed E-state index contributed by atoms with van der Waals surface area (Å²) >= 11 is 6.84. The Kier molecular flexibility index (Phi) is 4.50. The molecule has 0 saturated carbocycles. The lowest BCUT2D eigenvalue weighted by molar-refractivity contribution is 0.392. The van der Waals surface area contributed by atoms with Crippen LogP contribution in [0.1, 0.15) is 36.8 Å². The first-order valence-electron chi connectivity index (χ1n) is 7.81. The van der Waals surface area contributed by atoms with E-state index in [0.717, 1.165) is 34.7 Å². The topological polar surface area (TPSA) is 37.5 Å². The molecular weight excluding hydrogens is 324 g/mol. The van der Waals surface area contributed by atoms with Crippen molar-refractivity contribution in [3.63, 3.8) is 0 Å². The molecule has 23 heavy (non-hydrogen) atoms. The molecule has 3 rings (SSSR count). The van der Waals surface area contributed by atoms with Gasteiger partial charge in [-0.05, 0) is 36.2 Å². The van der Waals surface area contributed by atoms with Crippen molar-refractivity contribution in [3.8, 4) is 5.88 Å². The summed E-state index contributed by atoms with van der Waals surface area (Å²) in [5.74, 6) is 0.693. The van der Waals surface area contributed by atoms with Crippen molar-refractivity contribution >= 4 is 47.1 Å². The fourth-order valence-corrected chi connectivity index (χ4v) is 4.03. The molecule has 0 atom stereocenters. The standard InChI is InChI=1S/C18H20N2OS2/c1-4-12-6-5-7-14-13(9-19-16(12)14)8-15-17(21)20(10-11(2)3)18(22)23-15/h5-9,11,21H,4,10H2,1-3H3. The second kappa shape index (κ2) is 6.42. The van der Waals surface area contributed by atoms with Gasteiger partial charge in [0.25, 0.3) is 0 Å². The van der Waals surface area contributed by atoms with Crippen LogP contribution < -0.4 is 0 Å². The maximum atomic E-state index is 10.5. The van der Waals surface area contributed by atoms with Gasteiger partial charge < -0.3 is 5.11 Å². The Labute approximate surface area is 145 Å². The predicted octanol–water partition coefficient (Wildman–Crippen LogP) is 5.46. The van der Waals surface area contributed by atoms with E-state index < -0.39 is 0 Å². The highest BCUT2D eigenvalue weighted by molar-refractivity contribution is 7.73. The van der Waals surface area contributed by atoms with Crippen LogP contribution in [0.5, 0.6) is 5.88 Å². The monoisotopic (exact) mass is 344 g/mol. The predicted molar refractivity (Wildman–Crippen MR) is 101 cm³/mol. The zero-order valence-corrected chi connectivity index (χ0v) is 15.2. The van der Waals surface area contributed by atoms with E-state index in [1.807, 2.05) is 16.9 Å². The molecule has 1 aliphatic rings. The number of hydrogen-bond donors (Lipinski definition) is 1. The van der Waals surface area contributed by atoms with Gasteiger partial charge in [0.2, 0.25) is 5.88 Å². The highest BCUT2D eigenvalue weighted by atomic mass is 32.1. The number of para-hydroxylation sites is 1. The highest BCUT2D eigenvalue weighted by Gasteiger charge is 2.17. The lowest BCUT2D eigenvalue weighted by atomic mass is 10.0. The van der Waals surface area contributed by atoms with E-state index in [-0.39, 0.29) is 5.88 Å². The number of hydrogen-bond acceptors (Lipinski definition) is 4. The van der Waals surface area contributed by atoms with Gasteiger partial charge in [-0.2, -0.15) is 0 Å². The van der Waals surface area contributed by atoms with Gasteiger partial charge in [0.05, 0.1) is 10.6 Å². The van der Waals surface area contributed by atoms with E-state index in [0.29, 0.717) is 9.87 Å². The van der Waals surface area contributed by atoms with Crippen LogP contribution >= 0.6 is 23.6 Å². The maximum Gasteiger partial charge on any atom is 0.210 e. The Morgan fingerprint density at radius 1 is 1.39 bits per heavy atom. The SMILES string of the molecule is CCc1cccc2c1N=CC2=Cc1sc(=S)n(CC(C)C)c1O. The molecule has 0 bridgehead atoms. The second-order valence-electron chi connectivity index (χ2n) is 6.09. The number of aromatic nitrogens is 1. The van der Waals surface area contributed by atoms with Crippen molar-refractivity contribution in [1.29, 1.82) is 0 Å². The Morgan fingerprint density at radius 2 is 2.17 bits per heavy atom. The summed E-state index contributed by atoms with van der Waals surface area (Å²) < 4.78 is 2.52. The Morgan fingerprint density at radius 3 is 2.87 bits per heavy atom. The molecule has 1 aliphatic heterocycles. The summed E-state index contributed by atoms with van der Waals surface area (Å²) in [6.07, 6.45) is 4.82. The van der Waals surface area contributed by atoms with Gasteiger partial charge in [-0.25, -0.2) is 0 Å². The molecule has 0 saturated heterocycles. The summed E-state index contributed by atoms with van der Waals surface area (Å²) in [5, 5.41) is 10.5. The van der Waals surface area contributed by atoms with Gasteiger partial charge in [0.15, 0.2) is 3.95 Å². The lowest BCUT2D eigenvalue weighted by Gasteiger charge is -2.07. The van der Waals surface area contributed by atoms with Gasteiger partial charge in [-0.3, -0.25) is 9.56 Å². The van der Waals surface area contributed by atoms with Crippen LogP contribution in [0.25, 0.3) is 11.6 Å². The van der Waals surface area contributed by atoms with Crippen molar-refractivity contribution < 1.29 is 5.11 Å². The molecule has 3 nitrogen and oxygen atoms in total. The molecule has 120 valence electrons. The number of aryl methyl sites for hydroxylation is 1. The number of nitrogens with zero attached hydrogens (tertiary/aromatic N) is 2. The third kappa shape index (κ3) is 3.03. The summed E-state index contributed by atoms with van der Waals surface area (Å²) in [6, 6.07) is 6.25. The first-order chi connectivity index (χ1) is 11.0. The Balaban J connectivity index is 2.03. The molecule has 1 aromatic heterocycles. The molecule has 1 aromatic carbocycles. The van der Waals surface area contributed by atoms with E-state index in [1.54, 1.807) is 0 Å². The first-order valence-corrected chi connectivity index (χ1v) is 9.04. The van der Waals surface area contributed by atoms with Gasteiger partial charge in [-0.15, -0.1) is 11.3 Å². The highest BCUT2D eigenvalue weighted by Crippen LogP contribution is 2.38. The van der Waals surface area contributed by atoms with Crippen LogP contribution in [0.4, 0.5) is 5.69 Å². The number of fused-ring (bicyclic) bond motifs is 1. The lowest BCUT2D eigenvalue weighted by Crippen LogP contribution is -2.03. The Hall–Kier alpha value is -1.72. The second-order valence-corrected chi connectivity index (χ2v) is 7.76. The number of aliphatic imine (C=N–C) groups is 1. The largest absolute Gasteiger partial charge is 0.493 e. The van der Waals surface area contributed by atoms with Crippen LogP contribution in [0.2, 0.25) is 0 Å². The van der Waals surface area contributed by atoms with Crippen molar-refractivity contribution in [1.82, 2.24) is 4.57 Å². The normalized spacial score (nSPS) is 14.9. The van der Waals surface area contributed by atoms with Crippen LogP contribution in [-0.4, -0.2) is 15.9 Å². The summed E-state index contributed by atoms with van der Waals surface area (Å²) in [6.45, 7) is 7.09. The Bertz CT molecular complexity index is 856. The van der Waals surface area contributed by atoms with Crippen LogP contribution in [-0.2, 0) is 13.0 Å². The summed E-state index contributed by atoms with van der Waals surface area (Å²) in [5.41, 5.74) is 4.44. The fourth-order valence-electron chi connectivity index (χ4n) is 2.76. The van der Waals surface area contributed by atoms with E-state index in [2.05, 4.69) is 44.0 Å². The van der Waals surface area contributed by atoms with Crippen molar-refractivity contribution in [2.75, 3.05) is 0 Å². The van der Waals surface area contributed by atoms with Gasteiger partial charge in [0.1, 0.15) is 0 Å². The quantitative estimate of drug-likeness (QED) is 0.748. The van der Waals surface area contributed by atoms with Crippen LogP contribution in [0.15, 0.2) is 23.2 Å². The van der Waals surface area contributed by atoms with Gasteiger partial charge >= 0.3 is 0 Å². The van der Waals surface area contributed by atoms with E-state index >= 15 is 0 Å².